The van der Waals surface area contributed by atoms with E-state index in [1.165, 1.54) is 86.6 Å². The smallest absolute Gasteiger partial charge is 0.339 e. The number of carbonyl (C=O) groups is 4. The monoisotopic (exact) mass is 656 g/mol. The quantitative estimate of drug-likeness (QED) is 0.0753. The fourth-order valence-corrected chi connectivity index (χ4v) is 4.82. The van der Waals surface area contributed by atoms with Crippen LogP contribution in [-0.4, -0.2) is 33.7 Å². The molecule has 0 N–H and O–H groups in total. The molecule has 0 radical (unpaired) electrons. The minimum Gasteiger partial charge on any atom is -0.457 e. The number of benzene rings is 4. The highest BCUT2D eigenvalue weighted by Gasteiger charge is 2.27. The number of nitro groups is 2. The first-order valence-corrected chi connectivity index (χ1v) is 14.2. The lowest BCUT2D eigenvalue weighted by Crippen LogP contribution is -2.14. The Hall–Kier alpha value is -6.44. The number of nitrogens with zero attached hydrogens (tertiary/aromatic N) is 2. The van der Waals surface area contributed by atoms with Crippen molar-refractivity contribution < 1.29 is 48.0 Å². The summed E-state index contributed by atoms with van der Waals surface area (Å²) in [4.78, 5) is 71.8. The van der Waals surface area contributed by atoms with E-state index in [0.717, 1.165) is 0 Å². The minimum atomic E-state index is -0.867. The van der Waals surface area contributed by atoms with Gasteiger partial charge >= 0.3 is 23.9 Å². The predicted octanol–water partition coefficient (Wildman–Crippen LogP) is 6.35. The zero-order valence-electron chi connectivity index (χ0n) is 26.1. The van der Waals surface area contributed by atoms with Crippen LogP contribution in [0.4, 0.5) is 11.4 Å². The molecule has 0 amide bonds. The van der Waals surface area contributed by atoms with Gasteiger partial charge in [0.2, 0.25) is 0 Å². The second-order valence-electron chi connectivity index (χ2n) is 10.5. The molecule has 14 nitrogen and oxygen atoms in total. The molecule has 0 aromatic heterocycles. The Morgan fingerprint density at radius 3 is 1.21 bits per heavy atom. The summed E-state index contributed by atoms with van der Waals surface area (Å²) in [5.41, 5.74) is 1.74. The van der Waals surface area contributed by atoms with Crippen LogP contribution >= 0.6 is 0 Å². The number of carbonyl (C=O) groups excluding carboxylic acids is 4. The first-order chi connectivity index (χ1) is 22.7. The van der Waals surface area contributed by atoms with Crippen LogP contribution in [0.2, 0.25) is 0 Å². The molecular formula is C34H28N2O12. The number of hydrogen-bond donors (Lipinski definition) is 0. The lowest BCUT2D eigenvalue weighted by molar-refractivity contribution is -0.385. The maximum absolute atomic E-state index is 13.7. The van der Waals surface area contributed by atoms with E-state index in [0.29, 0.717) is 22.3 Å². The topological polar surface area (TPSA) is 191 Å². The summed E-state index contributed by atoms with van der Waals surface area (Å²) < 4.78 is 21.6. The van der Waals surface area contributed by atoms with Crippen LogP contribution in [0.3, 0.4) is 0 Å². The number of hydrogen-bond acceptors (Lipinski definition) is 12. The molecule has 4 rings (SSSR count). The van der Waals surface area contributed by atoms with E-state index < -0.39 is 33.7 Å². The van der Waals surface area contributed by atoms with Gasteiger partial charge in [-0.1, -0.05) is 0 Å². The van der Waals surface area contributed by atoms with Crippen molar-refractivity contribution in [1.82, 2.24) is 0 Å². The Bertz CT molecular complexity index is 1790. The van der Waals surface area contributed by atoms with Crippen molar-refractivity contribution in [3.05, 3.63) is 126 Å². The summed E-state index contributed by atoms with van der Waals surface area (Å²) in [5, 5.41) is 22.0. The van der Waals surface area contributed by atoms with E-state index in [2.05, 4.69) is 0 Å². The number of non-ortho nitro benzene ring substituents is 2. The summed E-state index contributed by atoms with van der Waals surface area (Å²) in [6.45, 7) is 5.10. The van der Waals surface area contributed by atoms with Gasteiger partial charge in [0.05, 0.1) is 21.0 Å². The molecule has 0 aliphatic carbocycles. The Morgan fingerprint density at radius 1 is 0.583 bits per heavy atom. The highest BCUT2D eigenvalue weighted by atomic mass is 16.6. The van der Waals surface area contributed by atoms with Crippen LogP contribution in [0, 0.1) is 34.1 Å². The molecule has 0 heterocycles. The van der Waals surface area contributed by atoms with Crippen molar-refractivity contribution in [2.45, 2.75) is 40.9 Å². The van der Waals surface area contributed by atoms with Gasteiger partial charge in [-0.25, -0.2) is 9.59 Å². The summed E-state index contributed by atoms with van der Waals surface area (Å²) in [5.74, 6) is -2.97. The molecule has 0 aliphatic heterocycles. The maximum atomic E-state index is 13.7. The van der Waals surface area contributed by atoms with Crippen molar-refractivity contribution in [3.8, 4) is 22.6 Å². The van der Waals surface area contributed by atoms with Gasteiger partial charge in [0.25, 0.3) is 11.4 Å². The fraction of sp³-hybridized carbons (Fsp3) is 0.176. The predicted molar refractivity (Wildman–Crippen MR) is 168 cm³/mol. The van der Waals surface area contributed by atoms with Crippen LogP contribution < -0.4 is 9.47 Å². The lowest BCUT2D eigenvalue weighted by Gasteiger charge is -2.20. The molecule has 246 valence electrons. The molecule has 4 aromatic carbocycles. The van der Waals surface area contributed by atoms with E-state index in [9.17, 15) is 39.4 Å². The summed E-state index contributed by atoms with van der Waals surface area (Å²) >= 11 is 0. The zero-order chi connectivity index (χ0) is 35.1. The molecule has 48 heavy (non-hydrogen) atoms. The van der Waals surface area contributed by atoms with Gasteiger partial charge in [-0.05, 0) is 84.6 Å². The molecule has 0 spiro atoms. The minimum absolute atomic E-state index is 0.0301. The van der Waals surface area contributed by atoms with Crippen molar-refractivity contribution >= 4 is 35.3 Å². The van der Waals surface area contributed by atoms with Crippen molar-refractivity contribution in [3.63, 3.8) is 0 Å². The van der Waals surface area contributed by atoms with Crippen LogP contribution in [0.25, 0.3) is 11.1 Å². The average molecular weight is 657 g/mol. The number of esters is 4. The van der Waals surface area contributed by atoms with Crippen molar-refractivity contribution in [2.24, 2.45) is 0 Å². The molecule has 0 fully saturated rings. The zero-order valence-corrected chi connectivity index (χ0v) is 26.1. The Balaban J connectivity index is 1.78. The normalized spacial score (nSPS) is 10.5. The molecule has 4 aromatic rings. The van der Waals surface area contributed by atoms with Gasteiger partial charge < -0.3 is 18.9 Å². The number of rotatable bonds is 11. The second kappa shape index (κ2) is 14.8. The van der Waals surface area contributed by atoms with E-state index in [-0.39, 0.29) is 58.3 Å². The van der Waals surface area contributed by atoms with Crippen molar-refractivity contribution in [2.75, 3.05) is 0 Å². The highest BCUT2D eigenvalue weighted by molar-refractivity contribution is 6.05. The summed E-state index contributed by atoms with van der Waals surface area (Å²) in [7, 11) is 0. The van der Waals surface area contributed by atoms with E-state index in [1.807, 2.05) is 0 Å². The summed E-state index contributed by atoms with van der Waals surface area (Å²) in [6.07, 6.45) is 0. The van der Waals surface area contributed by atoms with Crippen molar-refractivity contribution in [1.29, 1.82) is 0 Å². The van der Waals surface area contributed by atoms with Gasteiger partial charge in [-0.15, -0.1) is 0 Å². The molecule has 0 saturated heterocycles. The van der Waals surface area contributed by atoms with Crippen LogP contribution in [0.15, 0.2) is 72.8 Å². The van der Waals surface area contributed by atoms with Gasteiger partial charge in [-0.3, -0.25) is 29.8 Å². The SMILES string of the molecule is CC(=O)Oc1cc(C)c(-c2c(C)cc(OC(C)=O)cc2C(=O)OCc2ccc([N+](=O)[O-])cc2)c(C(=O)OCc2ccc([N+](=O)[O-])cc2)c1. The molecule has 0 saturated carbocycles. The lowest BCUT2D eigenvalue weighted by atomic mass is 9.88. The molecule has 0 aliphatic rings. The highest BCUT2D eigenvalue weighted by Crippen LogP contribution is 2.39. The number of aryl methyl sites for hydroxylation is 2. The van der Waals surface area contributed by atoms with E-state index in [1.54, 1.807) is 13.8 Å². The second-order valence-corrected chi connectivity index (χ2v) is 10.5. The average Bonchev–Trinajstić information content (AvgIpc) is 3.02. The third-order valence-corrected chi connectivity index (χ3v) is 6.87. The standard InChI is InChI=1S/C34H28N2O12/c1-19-13-27(47-21(3)37)15-29(33(39)45-17-23-5-9-25(10-6-23)35(41)42)31(19)32-20(2)14-28(48-22(4)38)16-30(32)34(40)46-18-24-7-11-26(12-8-24)36(43)44/h5-16H,17-18H2,1-4H3. The molecule has 0 unspecified atom stereocenters. The largest absolute Gasteiger partial charge is 0.457 e. The first-order valence-electron chi connectivity index (χ1n) is 14.2. The molecular weight excluding hydrogens is 628 g/mol. The number of ether oxygens (including phenoxy) is 4. The van der Waals surface area contributed by atoms with E-state index in [4.69, 9.17) is 18.9 Å². The Labute approximate surface area is 273 Å². The Morgan fingerprint density at radius 2 is 0.917 bits per heavy atom. The van der Waals surface area contributed by atoms with Crippen LogP contribution in [-0.2, 0) is 32.3 Å². The molecule has 14 heteroatoms. The molecule has 0 bridgehead atoms. The van der Waals surface area contributed by atoms with Gasteiger partial charge in [0.1, 0.15) is 24.7 Å². The Kier molecular flexibility index (Phi) is 10.6. The van der Waals surface area contributed by atoms with Crippen LogP contribution in [0.5, 0.6) is 11.5 Å². The number of nitro benzene ring substituents is 2. The molecule has 0 atom stereocenters. The third kappa shape index (κ3) is 8.42. The van der Waals surface area contributed by atoms with Crippen LogP contribution in [0.1, 0.15) is 56.8 Å². The van der Waals surface area contributed by atoms with E-state index >= 15 is 0 Å². The van der Waals surface area contributed by atoms with Gasteiger partial charge in [0.15, 0.2) is 0 Å². The summed E-state index contributed by atoms with van der Waals surface area (Å²) in [6, 6.07) is 16.4. The fourth-order valence-electron chi connectivity index (χ4n) is 4.82. The van der Waals surface area contributed by atoms with Gasteiger partial charge in [0, 0.05) is 49.2 Å². The maximum Gasteiger partial charge on any atom is 0.339 e. The third-order valence-electron chi connectivity index (χ3n) is 6.87. The first kappa shape index (κ1) is 34.4. The van der Waals surface area contributed by atoms with Gasteiger partial charge in [-0.2, -0.15) is 0 Å².